The van der Waals surface area contributed by atoms with Gasteiger partial charge in [-0.2, -0.15) is 0 Å². The number of ether oxygens (including phenoxy) is 1. The Kier molecular flexibility index (Phi) is 4.00. The monoisotopic (exact) mass is 206 g/mol. The molecule has 80 valence electrons. The molecule has 0 aliphatic heterocycles. The van der Waals surface area contributed by atoms with Crippen LogP contribution in [0.15, 0.2) is 31.1 Å². The van der Waals surface area contributed by atoms with Gasteiger partial charge in [0.2, 0.25) is 0 Å². The van der Waals surface area contributed by atoms with E-state index in [0.717, 1.165) is 5.56 Å². The zero-order valence-corrected chi connectivity index (χ0v) is 8.64. The first-order valence-electron chi connectivity index (χ1n) is 4.58. The maximum absolute atomic E-state index is 11.2. The van der Waals surface area contributed by atoms with E-state index in [4.69, 9.17) is 5.73 Å². The van der Waals surface area contributed by atoms with Gasteiger partial charge in [-0.25, -0.2) is 4.79 Å². The van der Waals surface area contributed by atoms with E-state index < -0.39 is 5.97 Å². The molecule has 0 aliphatic carbocycles. The summed E-state index contributed by atoms with van der Waals surface area (Å²) < 4.78 is 4.59. The Morgan fingerprint density at radius 1 is 1.73 bits per heavy atom. The van der Waals surface area contributed by atoms with Crippen LogP contribution in [0.25, 0.3) is 0 Å². The number of esters is 1. The number of hydrogen-bond acceptors (Lipinski definition) is 4. The van der Waals surface area contributed by atoms with Gasteiger partial charge in [0.15, 0.2) is 0 Å². The highest BCUT2D eigenvalue weighted by atomic mass is 16.5. The molecule has 0 aromatic carbocycles. The second kappa shape index (κ2) is 5.26. The van der Waals surface area contributed by atoms with E-state index in [9.17, 15) is 4.79 Å². The Hall–Kier alpha value is -1.68. The number of rotatable bonds is 4. The number of carbonyl (C=O) groups is 1. The van der Waals surface area contributed by atoms with E-state index in [1.807, 2.05) is 0 Å². The maximum atomic E-state index is 11.2. The molecule has 2 N–H and O–H groups in total. The first-order valence-corrected chi connectivity index (χ1v) is 4.58. The highest BCUT2D eigenvalue weighted by molar-refractivity contribution is 5.89. The normalized spacial score (nSPS) is 11.9. The Labute approximate surface area is 88.8 Å². The Morgan fingerprint density at radius 3 is 3.07 bits per heavy atom. The highest BCUT2D eigenvalue weighted by Gasteiger charge is 2.09. The van der Waals surface area contributed by atoms with Crippen molar-refractivity contribution in [2.75, 3.05) is 7.11 Å². The van der Waals surface area contributed by atoms with Crippen LogP contribution in [-0.4, -0.2) is 18.1 Å². The maximum Gasteiger partial charge on any atom is 0.339 e. The molecule has 4 nitrogen and oxygen atoms in total. The number of methoxy groups -OCH3 is 1. The van der Waals surface area contributed by atoms with Crippen molar-refractivity contribution in [1.29, 1.82) is 0 Å². The van der Waals surface area contributed by atoms with Crippen LogP contribution in [-0.2, 0) is 4.74 Å². The fourth-order valence-electron chi connectivity index (χ4n) is 1.21. The summed E-state index contributed by atoms with van der Waals surface area (Å²) in [5.41, 5.74) is 7.07. The van der Waals surface area contributed by atoms with Crippen molar-refractivity contribution in [2.45, 2.75) is 12.5 Å². The van der Waals surface area contributed by atoms with Gasteiger partial charge < -0.3 is 10.5 Å². The molecule has 1 rings (SSSR count). The van der Waals surface area contributed by atoms with E-state index in [2.05, 4.69) is 16.3 Å². The molecule has 1 aromatic heterocycles. The lowest BCUT2D eigenvalue weighted by atomic mass is 10.1. The second-order valence-electron chi connectivity index (χ2n) is 3.13. The van der Waals surface area contributed by atoms with Crippen molar-refractivity contribution in [3.63, 3.8) is 0 Å². The van der Waals surface area contributed by atoms with Crippen LogP contribution < -0.4 is 5.73 Å². The molecule has 1 aromatic rings. The molecular formula is C11H14N2O2. The van der Waals surface area contributed by atoms with E-state index in [0.29, 0.717) is 12.0 Å². The summed E-state index contributed by atoms with van der Waals surface area (Å²) in [6, 6.07) is 1.51. The standard InChI is InChI=1S/C11H14N2O2/c1-3-4-10(12)8-5-9(7-13-6-8)11(14)15-2/h3,5-7,10H,1,4,12H2,2H3. The molecule has 4 heteroatoms. The van der Waals surface area contributed by atoms with Crippen molar-refractivity contribution in [3.05, 3.63) is 42.2 Å². The van der Waals surface area contributed by atoms with Gasteiger partial charge in [0.1, 0.15) is 0 Å². The van der Waals surface area contributed by atoms with Gasteiger partial charge in [0.05, 0.1) is 12.7 Å². The van der Waals surface area contributed by atoms with E-state index in [-0.39, 0.29) is 6.04 Å². The molecule has 0 amide bonds. The van der Waals surface area contributed by atoms with Crippen molar-refractivity contribution >= 4 is 5.97 Å². The minimum absolute atomic E-state index is 0.181. The van der Waals surface area contributed by atoms with Crippen molar-refractivity contribution < 1.29 is 9.53 Å². The first kappa shape index (κ1) is 11.4. The van der Waals surface area contributed by atoms with Crippen LogP contribution in [0.3, 0.4) is 0 Å². The molecule has 0 fully saturated rings. The topological polar surface area (TPSA) is 65.2 Å². The number of carbonyl (C=O) groups excluding carboxylic acids is 1. The number of nitrogens with two attached hydrogens (primary N) is 1. The van der Waals surface area contributed by atoms with Crippen LogP contribution in [0.2, 0.25) is 0 Å². The predicted molar refractivity (Wildman–Crippen MR) is 57.3 cm³/mol. The predicted octanol–water partition coefficient (Wildman–Crippen LogP) is 1.44. The van der Waals surface area contributed by atoms with Gasteiger partial charge in [0.25, 0.3) is 0 Å². The molecule has 1 unspecified atom stereocenters. The van der Waals surface area contributed by atoms with Gasteiger partial charge in [-0.05, 0) is 18.1 Å². The molecule has 0 bridgehead atoms. The summed E-state index contributed by atoms with van der Waals surface area (Å²) in [6.45, 7) is 3.61. The summed E-state index contributed by atoms with van der Waals surface area (Å²) in [5, 5.41) is 0. The van der Waals surface area contributed by atoms with Crippen LogP contribution in [0.4, 0.5) is 0 Å². The van der Waals surface area contributed by atoms with Crippen LogP contribution in [0, 0.1) is 0 Å². The molecular weight excluding hydrogens is 192 g/mol. The van der Waals surface area contributed by atoms with Gasteiger partial charge in [-0.15, -0.1) is 6.58 Å². The molecule has 0 saturated carbocycles. The number of nitrogens with zero attached hydrogens (tertiary/aromatic N) is 1. The molecule has 0 radical (unpaired) electrons. The summed E-state index contributed by atoms with van der Waals surface area (Å²) in [5.74, 6) is -0.407. The lowest BCUT2D eigenvalue weighted by molar-refractivity contribution is 0.0600. The Balaban J connectivity index is 2.91. The van der Waals surface area contributed by atoms with Crippen molar-refractivity contribution in [2.24, 2.45) is 5.73 Å². The van der Waals surface area contributed by atoms with Gasteiger partial charge in [-0.3, -0.25) is 4.98 Å². The summed E-state index contributed by atoms with van der Waals surface area (Å²) in [6.07, 6.45) is 5.47. The largest absolute Gasteiger partial charge is 0.465 e. The van der Waals surface area contributed by atoms with Crippen LogP contribution in [0.5, 0.6) is 0 Å². The quantitative estimate of drug-likeness (QED) is 0.598. The van der Waals surface area contributed by atoms with Crippen molar-refractivity contribution in [3.8, 4) is 0 Å². The Morgan fingerprint density at radius 2 is 2.47 bits per heavy atom. The van der Waals surface area contributed by atoms with Gasteiger partial charge >= 0.3 is 5.97 Å². The fraction of sp³-hybridized carbons (Fsp3) is 0.273. The average Bonchev–Trinajstić information content (AvgIpc) is 2.28. The Bertz CT molecular complexity index is 363. The van der Waals surface area contributed by atoms with Crippen molar-refractivity contribution in [1.82, 2.24) is 4.98 Å². The minimum atomic E-state index is -0.407. The van der Waals surface area contributed by atoms with E-state index in [1.54, 1.807) is 18.3 Å². The van der Waals surface area contributed by atoms with Gasteiger partial charge in [-0.1, -0.05) is 6.08 Å². The molecule has 15 heavy (non-hydrogen) atoms. The molecule has 1 heterocycles. The first-order chi connectivity index (χ1) is 7.19. The molecule has 0 spiro atoms. The zero-order chi connectivity index (χ0) is 11.3. The lowest BCUT2D eigenvalue weighted by Gasteiger charge is -2.09. The zero-order valence-electron chi connectivity index (χ0n) is 8.64. The smallest absolute Gasteiger partial charge is 0.339 e. The average molecular weight is 206 g/mol. The molecule has 1 atom stereocenters. The highest BCUT2D eigenvalue weighted by Crippen LogP contribution is 2.14. The summed E-state index contributed by atoms with van der Waals surface area (Å²) in [4.78, 5) is 15.2. The summed E-state index contributed by atoms with van der Waals surface area (Å²) >= 11 is 0. The van der Waals surface area contributed by atoms with E-state index >= 15 is 0 Å². The van der Waals surface area contributed by atoms with Gasteiger partial charge in [0, 0.05) is 18.4 Å². The SMILES string of the molecule is C=CCC(N)c1cncc(C(=O)OC)c1. The third-order valence-corrected chi connectivity index (χ3v) is 2.03. The molecule has 0 saturated heterocycles. The number of aromatic nitrogens is 1. The van der Waals surface area contributed by atoms with Crippen LogP contribution >= 0.6 is 0 Å². The van der Waals surface area contributed by atoms with E-state index in [1.165, 1.54) is 13.3 Å². The lowest BCUT2D eigenvalue weighted by Crippen LogP contribution is -2.11. The third-order valence-electron chi connectivity index (χ3n) is 2.03. The third kappa shape index (κ3) is 2.89. The molecule has 0 aliphatic rings. The fourth-order valence-corrected chi connectivity index (χ4v) is 1.21. The number of hydrogen-bond donors (Lipinski definition) is 1. The minimum Gasteiger partial charge on any atom is -0.465 e. The number of pyridine rings is 1. The van der Waals surface area contributed by atoms with Crippen LogP contribution in [0.1, 0.15) is 28.4 Å². The summed E-state index contributed by atoms with van der Waals surface area (Å²) in [7, 11) is 1.33. The second-order valence-corrected chi connectivity index (χ2v) is 3.13.